The summed E-state index contributed by atoms with van der Waals surface area (Å²) in [6.45, 7) is 5.50. The zero-order valence-electron chi connectivity index (χ0n) is 14.3. The Morgan fingerprint density at radius 3 is 2.50 bits per heavy atom. The Balaban J connectivity index is 1.39. The SMILES string of the molecule is Cc1cc(N2CC3CN(c4cc(=O)[nH]c(=O)[nH]4)CC3C2)n2nccc2n1. The second kappa shape index (κ2) is 5.45. The molecule has 0 aromatic carbocycles. The average molecular weight is 353 g/mol. The second-order valence-corrected chi connectivity index (χ2v) is 7.16. The third kappa shape index (κ3) is 2.39. The van der Waals surface area contributed by atoms with E-state index in [2.05, 4.69) is 35.9 Å². The van der Waals surface area contributed by atoms with Crippen LogP contribution in [0.5, 0.6) is 0 Å². The molecule has 2 aliphatic rings. The Morgan fingerprint density at radius 1 is 1.04 bits per heavy atom. The number of hydrogen-bond acceptors (Lipinski definition) is 6. The van der Waals surface area contributed by atoms with E-state index < -0.39 is 5.69 Å². The van der Waals surface area contributed by atoms with Crippen molar-refractivity contribution in [2.75, 3.05) is 36.0 Å². The van der Waals surface area contributed by atoms with Gasteiger partial charge in [0.25, 0.3) is 5.56 Å². The van der Waals surface area contributed by atoms with Gasteiger partial charge in [-0.15, -0.1) is 0 Å². The van der Waals surface area contributed by atoms with Gasteiger partial charge >= 0.3 is 5.69 Å². The zero-order chi connectivity index (χ0) is 17.8. The van der Waals surface area contributed by atoms with Crippen LogP contribution in [0.1, 0.15) is 5.69 Å². The van der Waals surface area contributed by atoms with E-state index in [0.29, 0.717) is 17.7 Å². The van der Waals surface area contributed by atoms with Gasteiger partial charge in [0.15, 0.2) is 5.65 Å². The van der Waals surface area contributed by atoms with E-state index >= 15 is 0 Å². The Labute approximate surface area is 148 Å². The number of aryl methyl sites for hydroxylation is 1. The first-order valence-corrected chi connectivity index (χ1v) is 8.72. The predicted molar refractivity (Wildman–Crippen MR) is 96.8 cm³/mol. The zero-order valence-corrected chi connectivity index (χ0v) is 14.3. The molecule has 2 atom stereocenters. The maximum Gasteiger partial charge on any atom is 0.327 e. The first-order chi connectivity index (χ1) is 12.6. The summed E-state index contributed by atoms with van der Waals surface area (Å²) in [6.07, 6.45) is 1.77. The largest absolute Gasteiger partial charge is 0.357 e. The summed E-state index contributed by atoms with van der Waals surface area (Å²) in [7, 11) is 0. The number of hydrogen-bond donors (Lipinski definition) is 2. The van der Waals surface area contributed by atoms with Crippen molar-refractivity contribution in [1.29, 1.82) is 0 Å². The van der Waals surface area contributed by atoms with E-state index in [9.17, 15) is 9.59 Å². The van der Waals surface area contributed by atoms with Gasteiger partial charge in [-0.3, -0.25) is 14.8 Å². The summed E-state index contributed by atoms with van der Waals surface area (Å²) in [5.74, 6) is 2.64. The molecule has 2 unspecified atom stereocenters. The highest BCUT2D eigenvalue weighted by molar-refractivity contribution is 5.52. The normalized spacial score (nSPS) is 22.3. The molecule has 0 amide bonds. The fourth-order valence-electron chi connectivity index (χ4n) is 4.25. The van der Waals surface area contributed by atoms with E-state index in [1.165, 1.54) is 6.07 Å². The number of rotatable bonds is 2. The van der Waals surface area contributed by atoms with E-state index in [1.54, 1.807) is 6.20 Å². The minimum absolute atomic E-state index is 0.365. The van der Waals surface area contributed by atoms with Crippen LogP contribution in [0.15, 0.2) is 34.0 Å². The maximum atomic E-state index is 11.6. The lowest BCUT2D eigenvalue weighted by atomic mass is 10.0. The second-order valence-electron chi connectivity index (χ2n) is 7.16. The van der Waals surface area contributed by atoms with Crippen LogP contribution in [-0.2, 0) is 0 Å². The van der Waals surface area contributed by atoms with Crippen LogP contribution < -0.4 is 21.0 Å². The highest BCUT2D eigenvalue weighted by Gasteiger charge is 2.41. The minimum atomic E-state index is -0.459. The number of nitrogens with one attached hydrogen (secondary N) is 2. The molecule has 0 bridgehead atoms. The smallest absolute Gasteiger partial charge is 0.327 e. The van der Waals surface area contributed by atoms with Gasteiger partial charge in [-0.1, -0.05) is 0 Å². The first-order valence-electron chi connectivity index (χ1n) is 8.72. The van der Waals surface area contributed by atoms with Crippen molar-refractivity contribution >= 4 is 17.3 Å². The standard InChI is InChI=1S/C17H19N7O2/c1-10-4-16(24-13(19-10)2-3-18-24)23-8-11-6-22(7-12(11)9-23)14-5-15(25)21-17(26)20-14/h2-5,11-12H,6-9H2,1H3,(H2,20,21,25,26). The summed E-state index contributed by atoms with van der Waals surface area (Å²) in [5.41, 5.74) is 1.02. The topological polar surface area (TPSA) is 102 Å². The third-order valence-corrected chi connectivity index (χ3v) is 5.37. The van der Waals surface area contributed by atoms with Gasteiger partial charge in [0, 0.05) is 61.9 Å². The predicted octanol–water partition coefficient (Wildman–Crippen LogP) is -0.0131. The molecule has 0 radical (unpaired) electrons. The Morgan fingerprint density at radius 2 is 1.77 bits per heavy atom. The maximum absolute atomic E-state index is 11.6. The van der Waals surface area contributed by atoms with Crippen molar-refractivity contribution in [2.45, 2.75) is 6.92 Å². The summed E-state index contributed by atoms with van der Waals surface area (Å²) < 4.78 is 1.89. The van der Waals surface area contributed by atoms with Gasteiger partial charge in [-0.05, 0) is 6.92 Å². The van der Waals surface area contributed by atoms with Gasteiger partial charge in [0.2, 0.25) is 0 Å². The Hall–Kier alpha value is -3.10. The monoisotopic (exact) mass is 353 g/mol. The number of aromatic amines is 2. The molecular formula is C17H19N7O2. The summed E-state index contributed by atoms with van der Waals surface area (Å²) >= 11 is 0. The average Bonchev–Trinajstić information content (AvgIpc) is 3.26. The molecule has 3 aromatic rings. The molecule has 2 aliphatic heterocycles. The van der Waals surface area contributed by atoms with Crippen molar-refractivity contribution < 1.29 is 0 Å². The number of nitrogens with zero attached hydrogens (tertiary/aromatic N) is 5. The molecule has 0 aliphatic carbocycles. The van der Waals surface area contributed by atoms with Crippen LogP contribution in [0, 0.1) is 18.8 Å². The molecule has 26 heavy (non-hydrogen) atoms. The number of fused-ring (bicyclic) bond motifs is 2. The Bertz CT molecular complexity index is 1060. The minimum Gasteiger partial charge on any atom is -0.357 e. The summed E-state index contributed by atoms with van der Waals surface area (Å²) in [4.78, 5) is 37.0. The van der Waals surface area contributed by atoms with E-state index in [4.69, 9.17) is 0 Å². The molecule has 2 fully saturated rings. The quantitative estimate of drug-likeness (QED) is 0.672. The molecular weight excluding hydrogens is 334 g/mol. The van der Waals surface area contributed by atoms with Crippen LogP contribution in [0.25, 0.3) is 5.65 Å². The van der Waals surface area contributed by atoms with Gasteiger partial charge < -0.3 is 9.80 Å². The third-order valence-electron chi connectivity index (χ3n) is 5.37. The molecule has 5 heterocycles. The van der Waals surface area contributed by atoms with E-state index in [0.717, 1.165) is 43.3 Å². The van der Waals surface area contributed by atoms with Gasteiger partial charge in [0.05, 0.1) is 6.20 Å². The Kier molecular flexibility index (Phi) is 3.18. The lowest BCUT2D eigenvalue weighted by Gasteiger charge is -2.24. The highest BCUT2D eigenvalue weighted by atomic mass is 16.2. The summed E-state index contributed by atoms with van der Waals surface area (Å²) in [5, 5.41) is 4.40. The highest BCUT2D eigenvalue weighted by Crippen LogP contribution is 2.35. The van der Waals surface area contributed by atoms with Gasteiger partial charge in [-0.2, -0.15) is 9.61 Å². The van der Waals surface area contributed by atoms with Crippen molar-refractivity contribution in [3.8, 4) is 0 Å². The molecule has 2 N–H and O–H groups in total. The molecule has 9 heteroatoms. The van der Waals surface area contributed by atoms with Crippen molar-refractivity contribution in [1.82, 2.24) is 24.6 Å². The van der Waals surface area contributed by atoms with Gasteiger partial charge in [0.1, 0.15) is 11.6 Å². The molecule has 0 spiro atoms. The van der Waals surface area contributed by atoms with Crippen LogP contribution >= 0.6 is 0 Å². The molecule has 134 valence electrons. The summed E-state index contributed by atoms with van der Waals surface area (Å²) in [6, 6.07) is 5.45. The molecule has 3 aromatic heterocycles. The molecule has 0 saturated carbocycles. The fourth-order valence-corrected chi connectivity index (χ4v) is 4.25. The van der Waals surface area contributed by atoms with Crippen LogP contribution in [0.2, 0.25) is 0 Å². The fraction of sp³-hybridized carbons (Fsp3) is 0.412. The number of H-pyrrole nitrogens is 2. The number of aromatic nitrogens is 5. The molecule has 5 rings (SSSR count). The van der Waals surface area contributed by atoms with Crippen LogP contribution in [0.4, 0.5) is 11.6 Å². The lowest BCUT2D eigenvalue weighted by molar-refractivity contribution is 0.533. The lowest BCUT2D eigenvalue weighted by Crippen LogP contribution is -2.33. The first kappa shape index (κ1) is 15.2. The van der Waals surface area contributed by atoms with Gasteiger partial charge in [-0.25, -0.2) is 9.78 Å². The molecule has 2 saturated heterocycles. The van der Waals surface area contributed by atoms with Crippen LogP contribution in [0.3, 0.4) is 0 Å². The van der Waals surface area contributed by atoms with Crippen molar-refractivity contribution in [3.63, 3.8) is 0 Å². The van der Waals surface area contributed by atoms with Crippen LogP contribution in [-0.4, -0.2) is 50.7 Å². The molecule has 9 nitrogen and oxygen atoms in total. The van der Waals surface area contributed by atoms with E-state index in [1.807, 2.05) is 17.5 Å². The van der Waals surface area contributed by atoms with Crippen molar-refractivity contribution in [2.24, 2.45) is 11.8 Å². The van der Waals surface area contributed by atoms with E-state index in [-0.39, 0.29) is 5.56 Å². The number of anilines is 2. The van der Waals surface area contributed by atoms with Crippen molar-refractivity contribution in [3.05, 3.63) is 50.9 Å².